The Hall–Kier alpha value is -0.990. The van der Waals surface area contributed by atoms with Crippen LogP contribution in [0.3, 0.4) is 0 Å². The lowest BCUT2D eigenvalue weighted by atomic mass is 10.0. The van der Waals surface area contributed by atoms with Gasteiger partial charge in [0.1, 0.15) is 18.3 Å². The predicted octanol–water partition coefficient (Wildman–Crippen LogP) is -1.85. The van der Waals surface area contributed by atoms with Gasteiger partial charge in [-0.1, -0.05) is 6.58 Å². The second-order valence-corrected chi connectivity index (χ2v) is 3.21. The summed E-state index contributed by atoms with van der Waals surface area (Å²) in [4.78, 5) is 11.4. The van der Waals surface area contributed by atoms with E-state index in [9.17, 15) is 15.0 Å². The number of esters is 1. The lowest BCUT2D eigenvalue weighted by molar-refractivity contribution is -0.172. The number of carbonyl (C=O) groups is 1. The highest BCUT2D eigenvalue weighted by molar-refractivity contribution is 5.76. The first kappa shape index (κ1) is 16.0. The zero-order valence-electron chi connectivity index (χ0n) is 9.52. The Morgan fingerprint density at radius 2 is 1.94 bits per heavy atom. The quantitative estimate of drug-likeness (QED) is 0.295. The molecule has 0 aliphatic rings. The van der Waals surface area contributed by atoms with Crippen LogP contribution in [-0.2, 0) is 14.3 Å². The zero-order valence-corrected chi connectivity index (χ0v) is 9.52. The molecule has 0 aliphatic heterocycles. The lowest BCUT2D eigenvalue weighted by Crippen LogP contribution is -2.50. The smallest absolute Gasteiger partial charge is 0.342 e. The van der Waals surface area contributed by atoms with E-state index in [2.05, 4.69) is 11.3 Å². The molecule has 0 amide bonds. The Bertz CT molecular complexity index is 243. The van der Waals surface area contributed by atoms with E-state index in [1.54, 1.807) is 6.92 Å². The molecule has 0 aliphatic carbocycles. The van der Waals surface area contributed by atoms with E-state index in [1.807, 2.05) is 0 Å². The fourth-order valence-electron chi connectivity index (χ4n) is 1.15. The summed E-state index contributed by atoms with van der Waals surface area (Å²) in [6.45, 7) is 4.08. The zero-order chi connectivity index (χ0) is 13.4. The van der Waals surface area contributed by atoms with E-state index in [0.717, 1.165) is 6.26 Å². The maximum absolute atomic E-state index is 11.4. The van der Waals surface area contributed by atoms with Gasteiger partial charge in [-0.25, -0.2) is 4.79 Å². The van der Waals surface area contributed by atoms with Crippen LogP contribution < -0.4 is 0 Å². The van der Waals surface area contributed by atoms with E-state index >= 15 is 0 Å². The molecule has 17 heavy (non-hydrogen) atoms. The number of aliphatic hydroxyl groups excluding tert-OH is 4. The molecule has 0 spiro atoms. The van der Waals surface area contributed by atoms with Crippen LogP contribution in [0, 0.1) is 0 Å². The highest BCUT2D eigenvalue weighted by atomic mass is 16.6. The molecule has 100 valence electrons. The van der Waals surface area contributed by atoms with Crippen LogP contribution >= 0.6 is 0 Å². The van der Waals surface area contributed by atoms with E-state index < -0.39 is 37.0 Å². The van der Waals surface area contributed by atoms with Gasteiger partial charge in [0.2, 0.25) is 0 Å². The molecule has 7 nitrogen and oxygen atoms in total. The maximum atomic E-state index is 11.4. The van der Waals surface area contributed by atoms with Crippen LogP contribution in [-0.4, -0.2) is 64.0 Å². The highest BCUT2D eigenvalue weighted by Crippen LogP contribution is 2.10. The van der Waals surface area contributed by atoms with Crippen LogP contribution in [0.1, 0.15) is 6.92 Å². The summed E-state index contributed by atoms with van der Waals surface area (Å²) in [5, 5.41) is 36.8. The molecule has 4 N–H and O–H groups in total. The van der Waals surface area contributed by atoms with Gasteiger partial charge in [-0.3, -0.25) is 0 Å². The Labute approximate surface area is 98.9 Å². The average molecular weight is 250 g/mol. The number of ether oxygens (including phenoxy) is 2. The Kier molecular flexibility index (Phi) is 7.68. The third-order valence-corrected chi connectivity index (χ3v) is 2.02. The van der Waals surface area contributed by atoms with Gasteiger partial charge < -0.3 is 29.9 Å². The fraction of sp³-hybridized carbons (Fsp3) is 0.700. The van der Waals surface area contributed by atoms with E-state index in [1.165, 1.54) is 0 Å². The van der Waals surface area contributed by atoms with E-state index in [-0.39, 0.29) is 6.61 Å². The second kappa shape index (κ2) is 8.15. The van der Waals surface area contributed by atoms with Crippen LogP contribution in [0.15, 0.2) is 12.8 Å². The summed E-state index contributed by atoms with van der Waals surface area (Å²) in [5.74, 6) is -0.946. The van der Waals surface area contributed by atoms with Gasteiger partial charge in [0.25, 0.3) is 0 Å². The average Bonchev–Trinajstić information content (AvgIpc) is 2.33. The van der Waals surface area contributed by atoms with Crippen molar-refractivity contribution in [2.45, 2.75) is 31.3 Å². The standard InChI is InChI=1S/C10H18O7/c1-3-16-9(10(15)17-4-2)8(14)7(13)6(12)5-11/h4,6-9,11-14H,2-3,5H2,1H3. The summed E-state index contributed by atoms with van der Waals surface area (Å²) in [6, 6.07) is 0. The van der Waals surface area contributed by atoms with Gasteiger partial charge in [-0.05, 0) is 6.92 Å². The minimum Gasteiger partial charge on any atom is -0.433 e. The molecule has 0 rings (SSSR count). The van der Waals surface area contributed by atoms with Crippen molar-refractivity contribution in [2.24, 2.45) is 0 Å². The molecule has 0 fully saturated rings. The van der Waals surface area contributed by atoms with Gasteiger partial charge in [-0.2, -0.15) is 0 Å². The second-order valence-electron chi connectivity index (χ2n) is 3.21. The van der Waals surface area contributed by atoms with Crippen molar-refractivity contribution in [1.82, 2.24) is 0 Å². The molecule has 0 heterocycles. The number of hydrogen-bond donors (Lipinski definition) is 4. The van der Waals surface area contributed by atoms with E-state index in [0.29, 0.717) is 0 Å². The minimum absolute atomic E-state index is 0.0932. The Morgan fingerprint density at radius 3 is 2.35 bits per heavy atom. The molecule has 0 aromatic carbocycles. The Balaban J connectivity index is 4.67. The minimum atomic E-state index is -1.73. The molecule has 0 aromatic heterocycles. The van der Waals surface area contributed by atoms with Crippen LogP contribution in [0.5, 0.6) is 0 Å². The lowest BCUT2D eigenvalue weighted by Gasteiger charge is -2.26. The van der Waals surface area contributed by atoms with Gasteiger partial charge >= 0.3 is 5.97 Å². The SMILES string of the molecule is C=COC(=O)C(OCC)C(O)C(O)C(O)CO. The monoisotopic (exact) mass is 250 g/mol. The fourth-order valence-corrected chi connectivity index (χ4v) is 1.15. The van der Waals surface area contributed by atoms with Crippen LogP contribution in [0.25, 0.3) is 0 Å². The Morgan fingerprint density at radius 1 is 1.35 bits per heavy atom. The molecular formula is C10H18O7. The molecule has 4 unspecified atom stereocenters. The van der Waals surface area contributed by atoms with Crippen LogP contribution in [0.4, 0.5) is 0 Å². The van der Waals surface area contributed by atoms with Gasteiger partial charge in [-0.15, -0.1) is 0 Å². The topological polar surface area (TPSA) is 116 Å². The first-order valence-electron chi connectivity index (χ1n) is 5.07. The summed E-state index contributed by atoms with van der Waals surface area (Å²) in [5.41, 5.74) is 0. The van der Waals surface area contributed by atoms with Crippen molar-refractivity contribution in [3.63, 3.8) is 0 Å². The highest BCUT2D eigenvalue weighted by Gasteiger charge is 2.36. The first-order chi connectivity index (χ1) is 7.99. The number of aliphatic hydroxyl groups is 4. The third kappa shape index (κ3) is 4.80. The van der Waals surface area contributed by atoms with Crippen molar-refractivity contribution in [3.05, 3.63) is 12.8 Å². The number of rotatable bonds is 8. The van der Waals surface area contributed by atoms with Crippen molar-refractivity contribution in [3.8, 4) is 0 Å². The van der Waals surface area contributed by atoms with Gasteiger partial charge in [0.05, 0.1) is 12.9 Å². The summed E-state index contributed by atoms with van der Waals surface area (Å²) >= 11 is 0. The molecule has 4 atom stereocenters. The summed E-state index contributed by atoms with van der Waals surface area (Å²) < 4.78 is 9.33. The normalized spacial score (nSPS) is 17.9. The van der Waals surface area contributed by atoms with Crippen molar-refractivity contribution < 1.29 is 34.7 Å². The molecule has 0 saturated carbocycles. The van der Waals surface area contributed by atoms with E-state index in [4.69, 9.17) is 14.9 Å². The van der Waals surface area contributed by atoms with Gasteiger partial charge in [0, 0.05) is 6.61 Å². The molecular weight excluding hydrogens is 232 g/mol. The molecule has 0 bridgehead atoms. The molecule has 0 saturated heterocycles. The number of carbonyl (C=O) groups excluding carboxylic acids is 1. The first-order valence-corrected chi connectivity index (χ1v) is 5.07. The van der Waals surface area contributed by atoms with Crippen molar-refractivity contribution in [1.29, 1.82) is 0 Å². The molecule has 0 aromatic rings. The predicted molar refractivity (Wildman–Crippen MR) is 56.8 cm³/mol. The van der Waals surface area contributed by atoms with Gasteiger partial charge in [0.15, 0.2) is 6.10 Å². The largest absolute Gasteiger partial charge is 0.433 e. The summed E-state index contributed by atoms with van der Waals surface area (Å²) in [6.07, 6.45) is -5.63. The maximum Gasteiger partial charge on any atom is 0.342 e. The summed E-state index contributed by atoms with van der Waals surface area (Å²) in [7, 11) is 0. The van der Waals surface area contributed by atoms with Crippen LogP contribution in [0.2, 0.25) is 0 Å². The van der Waals surface area contributed by atoms with Crippen molar-refractivity contribution >= 4 is 5.97 Å². The number of hydrogen-bond acceptors (Lipinski definition) is 7. The third-order valence-electron chi connectivity index (χ3n) is 2.02. The molecule has 7 heteroatoms. The van der Waals surface area contributed by atoms with Crippen molar-refractivity contribution in [2.75, 3.05) is 13.2 Å². The molecule has 0 radical (unpaired) electrons.